The molecule has 1 N–H and O–H groups in total. The van der Waals surface area contributed by atoms with Crippen LogP contribution >= 0.6 is 23.2 Å². The molecule has 156 valence electrons. The van der Waals surface area contributed by atoms with Crippen molar-refractivity contribution < 1.29 is 14.7 Å². The van der Waals surface area contributed by atoms with E-state index in [0.29, 0.717) is 28.7 Å². The molecule has 1 amide bonds. The van der Waals surface area contributed by atoms with Gasteiger partial charge in [0.25, 0.3) is 5.91 Å². The van der Waals surface area contributed by atoms with Crippen molar-refractivity contribution in [3.05, 3.63) is 87.1 Å². The fourth-order valence-electron chi connectivity index (χ4n) is 3.30. The molecule has 5 nitrogen and oxygen atoms in total. The van der Waals surface area contributed by atoms with Crippen LogP contribution in [-0.2, 0) is 9.59 Å². The van der Waals surface area contributed by atoms with Crippen LogP contribution < -0.4 is 0 Å². The van der Waals surface area contributed by atoms with Gasteiger partial charge in [-0.25, -0.2) is 0 Å². The summed E-state index contributed by atoms with van der Waals surface area (Å²) >= 11 is 12.2. The van der Waals surface area contributed by atoms with Crippen LogP contribution in [0.25, 0.3) is 6.08 Å². The number of allylic oxidation sites excluding steroid dienone is 1. The summed E-state index contributed by atoms with van der Waals surface area (Å²) in [5.41, 5.74) is 1.48. The van der Waals surface area contributed by atoms with Gasteiger partial charge in [0.15, 0.2) is 11.5 Å². The van der Waals surface area contributed by atoms with E-state index in [4.69, 9.17) is 23.2 Å². The topological polar surface area (TPSA) is 60.9 Å². The van der Waals surface area contributed by atoms with E-state index in [1.54, 1.807) is 24.3 Å². The zero-order valence-electron chi connectivity index (χ0n) is 16.7. The number of benzene rings is 2. The smallest absolute Gasteiger partial charge is 0.290 e. The standard InChI is InChI=1S/C23H22Cl2N2O3/c1-26(2)12-13-27-21(16-9-10-17(24)18(25)14-16)20(22(29)23(27)30)19(28)11-8-15-6-4-3-5-7-15/h3-11,14,21,29H,12-13H2,1-2H3. The van der Waals surface area contributed by atoms with Crippen LogP contribution in [0.3, 0.4) is 0 Å². The number of likely N-dealkylation sites (N-methyl/N-ethyl adjacent to an activating group) is 1. The molecule has 1 unspecified atom stereocenters. The lowest BCUT2D eigenvalue weighted by atomic mass is 9.95. The maximum absolute atomic E-state index is 13.0. The van der Waals surface area contributed by atoms with E-state index in [2.05, 4.69) is 0 Å². The van der Waals surface area contributed by atoms with Gasteiger partial charge in [0.1, 0.15) is 0 Å². The van der Waals surface area contributed by atoms with Crippen molar-refractivity contribution in [1.82, 2.24) is 9.80 Å². The minimum Gasteiger partial charge on any atom is -0.503 e. The van der Waals surface area contributed by atoms with Gasteiger partial charge in [0.05, 0.1) is 21.7 Å². The second-order valence-corrected chi connectivity index (χ2v) is 8.06. The molecule has 0 radical (unpaired) electrons. The van der Waals surface area contributed by atoms with Crippen molar-refractivity contribution in [1.29, 1.82) is 0 Å². The molecule has 30 heavy (non-hydrogen) atoms. The van der Waals surface area contributed by atoms with Crippen LogP contribution in [0.1, 0.15) is 17.2 Å². The molecular weight excluding hydrogens is 423 g/mol. The maximum Gasteiger partial charge on any atom is 0.290 e. The molecule has 0 saturated carbocycles. The molecule has 0 aromatic heterocycles. The van der Waals surface area contributed by atoms with Gasteiger partial charge in [-0.3, -0.25) is 9.59 Å². The number of rotatable bonds is 7. The highest BCUT2D eigenvalue weighted by Crippen LogP contribution is 2.39. The van der Waals surface area contributed by atoms with Crippen molar-refractivity contribution >= 4 is 41.0 Å². The average Bonchev–Trinajstić information content (AvgIpc) is 2.98. The van der Waals surface area contributed by atoms with E-state index in [1.165, 1.54) is 11.0 Å². The Morgan fingerprint density at radius 2 is 1.83 bits per heavy atom. The number of amides is 1. The molecule has 1 aliphatic heterocycles. The maximum atomic E-state index is 13.0. The predicted octanol–water partition coefficient (Wildman–Crippen LogP) is 4.53. The van der Waals surface area contributed by atoms with Crippen LogP contribution in [0.5, 0.6) is 0 Å². The Hall–Kier alpha value is -2.60. The van der Waals surface area contributed by atoms with Gasteiger partial charge >= 0.3 is 0 Å². The van der Waals surface area contributed by atoms with Gasteiger partial charge in [-0.15, -0.1) is 0 Å². The number of ketones is 1. The molecule has 2 aromatic carbocycles. The van der Waals surface area contributed by atoms with Crippen LogP contribution in [0.4, 0.5) is 0 Å². The highest BCUT2D eigenvalue weighted by Gasteiger charge is 2.42. The van der Waals surface area contributed by atoms with Crippen LogP contribution in [0, 0.1) is 0 Å². The first-order chi connectivity index (χ1) is 14.3. The number of hydrogen-bond acceptors (Lipinski definition) is 4. The predicted molar refractivity (Wildman–Crippen MR) is 120 cm³/mol. The van der Waals surface area contributed by atoms with E-state index in [1.807, 2.05) is 49.3 Å². The number of hydrogen-bond donors (Lipinski definition) is 1. The quantitative estimate of drug-likeness (QED) is 0.637. The summed E-state index contributed by atoms with van der Waals surface area (Å²) in [6.45, 7) is 0.901. The Balaban J connectivity index is 2.00. The zero-order valence-corrected chi connectivity index (χ0v) is 18.2. The summed E-state index contributed by atoms with van der Waals surface area (Å²) < 4.78 is 0. The minimum absolute atomic E-state index is 0.0318. The fraction of sp³-hybridized carbons (Fsp3) is 0.217. The lowest BCUT2D eigenvalue weighted by Gasteiger charge is -2.28. The number of aliphatic hydroxyl groups is 1. The summed E-state index contributed by atoms with van der Waals surface area (Å²) in [7, 11) is 3.77. The second kappa shape index (κ2) is 9.47. The molecule has 0 bridgehead atoms. The largest absolute Gasteiger partial charge is 0.503 e. The number of aliphatic hydroxyl groups excluding tert-OH is 1. The SMILES string of the molecule is CN(C)CCN1C(=O)C(O)=C(C(=O)C=Cc2ccccc2)C1c1ccc(Cl)c(Cl)c1. The van der Waals surface area contributed by atoms with Gasteiger partial charge in [-0.05, 0) is 43.4 Å². The summed E-state index contributed by atoms with van der Waals surface area (Å²) in [5, 5.41) is 11.3. The molecule has 0 aliphatic carbocycles. The molecule has 7 heteroatoms. The van der Waals surface area contributed by atoms with Crippen molar-refractivity contribution in [2.45, 2.75) is 6.04 Å². The number of nitrogens with zero attached hydrogens (tertiary/aromatic N) is 2. The van der Waals surface area contributed by atoms with Crippen LogP contribution in [-0.4, -0.2) is 53.8 Å². The van der Waals surface area contributed by atoms with Gasteiger partial charge in [0, 0.05) is 13.1 Å². The van der Waals surface area contributed by atoms with Crippen LogP contribution in [0.2, 0.25) is 10.0 Å². The Morgan fingerprint density at radius 1 is 1.13 bits per heavy atom. The Labute approximate surface area is 185 Å². The van der Waals surface area contributed by atoms with Crippen molar-refractivity contribution in [2.75, 3.05) is 27.2 Å². The molecule has 1 aliphatic rings. The molecule has 3 rings (SSSR count). The van der Waals surface area contributed by atoms with Crippen molar-refractivity contribution in [3.63, 3.8) is 0 Å². The van der Waals surface area contributed by atoms with E-state index in [0.717, 1.165) is 5.56 Å². The van der Waals surface area contributed by atoms with E-state index >= 15 is 0 Å². The fourth-order valence-corrected chi connectivity index (χ4v) is 3.61. The van der Waals surface area contributed by atoms with Crippen LogP contribution in [0.15, 0.2) is 65.9 Å². The Kier molecular flexibility index (Phi) is 6.98. The Bertz CT molecular complexity index is 1020. The van der Waals surface area contributed by atoms with Gasteiger partial charge in [0.2, 0.25) is 0 Å². The third kappa shape index (κ3) is 4.75. The zero-order chi connectivity index (χ0) is 21.8. The third-order valence-electron chi connectivity index (χ3n) is 4.84. The number of carbonyl (C=O) groups excluding carboxylic acids is 2. The highest BCUT2D eigenvalue weighted by atomic mass is 35.5. The van der Waals surface area contributed by atoms with Crippen molar-refractivity contribution in [2.24, 2.45) is 0 Å². The molecule has 1 heterocycles. The molecule has 2 aromatic rings. The molecule has 0 fully saturated rings. The summed E-state index contributed by atoms with van der Waals surface area (Å²) in [5.74, 6) is -1.55. The monoisotopic (exact) mass is 444 g/mol. The third-order valence-corrected chi connectivity index (χ3v) is 5.58. The first-order valence-electron chi connectivity index (χ1n) is 9.41. The molecule has 0 saturated heterocycles. The molecule has 1 atom stereocenters. The summed E-state index contributed by atoms with van der Waals surface area (Å²) in [4.78, 5) is 29.3. The van der Waals surface area contributed by atoms with E-state index in [9.17, 15) is 14.7 Å². The molecule has 0 spiro atoms. The van der Waals surface area contributed by atoms with Gasteiger partial charge in [-0.1, -0.05) is 65.7 Å². The van der Waals surface area contributed by atoms with Crippen molar-refractivity contribution in [3.8, 4) is 0 Å². The first-order valence-corrected chi connectivity index (χ1v) is 10.2. The second-order valence-electron chi connectivity index (χ2n) is 7.25. The Morgan fingerprint density at radius 3 is 2.47 bits per heavy atom. The van der Waals surface area contributed by atoms with E-state index < -0.39 is 23.5 Å². The average molecular weight is 445 g/mol. The first kappa shape index (κ1) is 22.1. The lowest BCUT2D eigenvalue weighted by molar-refractivity contribution is -0.129. The van der Waals surface area contributed by atoms with Gasteiger partial charge in [-0.2, -0.15) is 0 Å². The molecular formula is C23H22Cl2N2O3. The summed E-state index contributed by atoms with van der Waals surface area (Å²) in [6, 6.07) is 13.5. The number of carbonyl (C=O) groups is 2. The number of halogens is 2. The lowest BCUT2D eigenvalue weighted by Crippen LogP contribution is -2.36. The highest BCUT2D eigenvalue weighted by molar-refractivity contribution is 6.42. The van der Waals surface area contributed by atoms with Gasteiger partial charge < -0.3 is 14.9 Å². The van der Waals surface area contributed by atoms with E-state index in [-0.39, 0.29) is 5.57 Å². The minimum atomic E-state index is -0.750. The normalized spacial score (nSPS) is 16.9. The summed E-state index contributed by atoms with van der Waals surface area (Å²) in [6.07, 6.45) is 3.02.